The number of carbonyl (C=O) groups is 1. The van der Waals surface area contributed by atoms with Gasteiger partial charge in [0, 0.05) is 11.0 Å². The maximum absolute atomic E-state index is 11.5. The van der Waals surface area contributed by atoms with Gasteiger partial charge in [0.1, 0.15) is 0 Å². The number of hydrogen-bond acceptors (Lipinski definition) is 2. The van der Waals surface area contributed by atoms with Gasteiger partial charge in [0.15, 0.2) is 0 Å². The van der Waals surface area contributed by atoms with Gasteiger partial charge in [-0.25, -0.2) is 0 Å². The van der Waals surface area contributed by atoms with Gasteiger partial charge in [-0.1, -0.05) is 36.5 Å². The summed E-state index contributed by atoms with van der Waals surface area (Å²) in [6.07, 6.45) is 2.04. The zero-order chi connectivity index (χ0) is 13.5. The maximum atomic E-state index is 11.5. The first-order valence-electron chi connectivity index (χ1n) is 5.70. The number of carbonyl (C=O) groups excluding carboxylic acids is 1. The van der Waals surface area contributed by atoms with Crippen LogP contribution in [-0.4, -0.2) is 19.0 Å². The average molecular weight is 354 g/mol. The monoisotopic (exact) mass is 352 g/mol. The van der Waals surface area contributed by atoms with Crippen LogP contribution in [0.4, 0.5) is 5.69 Å². The SMILES string of the molecule is CCCCNC(=O)CNc1ccc(Br)c(Cl)c1Cl. The molecule has 0 aliphatic heterocycles. The number of anilines is 1. The zero-order valence-electron chi connectivity index (χ0n) is 10.0. The van der Waals surface area contributed by atoms with Gasteiger partial charge in [0.2, 0.25) is 5.91 Å². The molecule has 0 unspecified atom stereocenters. The predicted octanol–water partition coefficient (Wildman–Crippen LogP) is 4.08. The molecule has 0 aliphatic carbocycles. The van der Waals surface area contributed by atoms with E-state index in [2.05, 4.69) is 33.5 Å². The molecule has 0 saturated heterocycles. The second kappa shape index (κ2) is 7.87. The molecule has 1 amide bonds. The molecule has 0 spiro atoms. The molecule has 18 heavy (non-hydrogen) atoms. The van der Waals surface area contributed by atoms with Crippen molar-refractivity contribution in [2.75, 3.05) is 18.4 Å². The summed E-state index contributed by atoms with van der Waals surface area (Å²) in [6, 6.07) is 3.56. The zero-order valence-corrected chi connectivity index (χ0v) is 13.1. The number of unbranched alkanes of at least 4 members (excludes halogenated alkanes) is 1. The Morgan fingerprint density at radius 2 is 2.06 bits per heavy atom. The van der Waals surface area contributed by atoms with Gasteiger partial charge < -0.3 is 10.6 Å². The molecular weight excluding hydrogens is 339 g/mol. The van der Waals surface area contributed by atoms with E-state index >= 15 is 0 Å². The number of rotatable bonds is 6. The van der Waals surface area contributed by atoms with Crippen molar-refractivity contribution in [2.24, 2.45) is 0 Å². The van der Waals surface area contributed by atoms with Crippen LogP contribution in [0.5, 0.6) is 0 Å². The Morgan fingerprint density at radius 3 is 2.72 bits per heavy atom. The summed E-state index contributed by atoms with van der Waals surface area (Å²) in [6.45, 7) is 2.96. The summed E-state index contributed by atoms with van der Waals surface area (Å²) in [7, 11) is 0. The van der Waals surface area contributed by atoms with E-state index in [1.807, 2.05) is 0 Å². The van der Waals surface area contributed by atoms with E-state index in [4.69, 9.17) is 23.2 Å². The van der Waals surface area contributed by atoms with Gasteiger partial charge >= 0.3 is 0 Å². The molecule has 0 aliphatic rings. The van der Waals surface area contributed by atoms with Gasteiger partial charge in [0.05, 0.1) is 22.3 Å². The second-order valence-corrected chi connectivity index (χ2v) is 5.39. The summed E-state index contributed by atoms with van der Waals surface area (Å²) in [4.78, 5) is 11.5. The van der Waals surface area contributed by atoms with E-state index in [1.165, 1.54) is 0 Å². The number of hydrogen-bond donors (Lipinski definition) is 2. The third-order valence-electron chi connectivity index (χ3n) is 2.33. The maximum Gasteiger partial charge on any atom is 0.239 e. The highest BCUT2D eigenvalue weighted by atomic mass is 79.9. The first-order chi connectivity index (χ1) is 8.56. The van der Waals surface area contributed by atoms with Gasteiger partial charge in [0.25, 0.3) is 0 Å². The highest BCUT2D eigenvalue weighted by Gasteiger charge is 2.09. The molecule has 3 nitrogen and oxygen atoms in total. The summed E-state index contributed by atoms with van der Waals surface area (Å²) < 4.78 is 0.729. The first-order valence-corrected chi connectivity index (χ1v) is 7.25. The molecule has 0 atom stereocenters. The van der Waals surface area contributed by atoms with E-state index < -0.39 is 0 Å². The summed E-state index contributed by atoms with van der Waals surface area (Å²) in [5.74, 6) is -0.0569. The molecular formula is C12H15BrCl2N2O. The van der Waals surface area contributed by atoms with Crippen LogP contribution < -0.4 is 10.6 Å². The van der Waals surface area contributed by atoms with Gasteiger partial charge in [-0.15, -0.1) is 0 Å². The minimum absolute atomic E-state index is 0.0569. The third-order valence-corrected chi connectivity index (χ3v) is 4.10. The molecule has 100 valence electrons. The van der Waals surface area contributed by atoms with E-state index in [9.17, 15) is 4.79 Å². The fraction of sp³-hybridized carbons (Fsp3) is 0.417. The van der Waals surface area contributed by atoms with Crippen molar-refractivity contribution < 1.29 is 4.79 Å². The second-order valence-electron chi connectivity index (χ2n) is 3.78. The molecule has 1 rings (SSSR count). The van der Waals surface area contributed by atoms with Crippen LogP contribution in [0.1, 0.15) is 19.8 Å². The van der Waals surface area contributed by atoms with Crippen LogP contribution in [0.25, 0.3) is 0 Å². The fourth-order valence-electron chi connectivity index (χ4n) is 1.31. The molecule has 1 aromatic carbocycles. The smallest absolute Gasteiger partial charge is 0.239 e. The van der Waals surface area contributed by atoms with E-state index in [0.717, 1.165) is 17.3 Å². The van der Waals surface area contributed by atoms with E-state index in [1.54, 1.807) is 12.1 Å². The molecule has 0 radical (unpaired) electrons. The van der Waals surface area contributed by atoms with Crippen LogP contribution in [0.3, 0.4) is 0 Å². The standard InChI is InChI=1S/C12H15BrCl2N2O/c1-2-3-6-16-10(18)7-17-9-5-4-8(13)11(14)12(9)15/h4-5,17H,2-3,6-7H2,1H3,(H,16,18). The van der Waals surface area contributed by atoms with Gasteiger partial charge in [-0.05, 0) is 34.5 Å². The highest BCUT2D eigenvalue weighted by molar-refractivity contribution is 9.10. The Labute approximate surface area is 125 Å². The minimum Gasteiger partial charge on any atom is -0.375 e. The van der Waals surface area contributed by atoms with Crippen LogP contribution in [0.2, 0.25) is 10.0 Å². The molecule has 0 aromatic heterocycles. The Bertz CT molecular complexity index is 427. The number of amides is 1. The lowest BCUT2D eigenvalue weighted by molar-refractivity contribution is -0.119. The summed E-state index contributed by atoms with van der Waals surface area (Å²) in [5, 5.41) is 6.62. The van der Waals surface area contributed by atoms with Crippen molar-refractivity contribution in [2.45, 2.75) is 19.8 Å². The Balaban J connectivity index is 2.49. The van der Waals surface area contributed by atoms with Gasteiger partial charge in [-0.2, -0.15) is 0 Å². The summed E-state index contributed by atoms with van der Waals surface area (Å²) >= 11 is 15.3. The van der Waals surface area contributed by atoms with Crippen LogP contribution in [-0.2, 0) is 4.79 Å². The first kappa shape index (κ1) is 15.6. The highest BCUT2D eigenvalue weighted by Crippen LogP contribution is 2.35. The van der Waals surface area contributed by atoms with Crippen LogP contribution >= 0.6 is 39.1 Å². The van der Waals surface area contributed by atoms with Crippen molar-refractivity contribution in [3.05, 3.63) is 26.7 Å². The Morgan fingerprint density at radius 1 is 1.33 bits per heavy atom. The van der Waals surface area contributed by atoms with Crippen molar-refractivity contribution in [1.82, 2.24) is 5.32 Å². The summed E-state index contributed by atoms with van der Waals surface area (Å²) in [5.41, 5.74) is 0.649. The number of benzene rings is 1. The molecule has 0 fully saturated rings. The van der Waals surface area contributed by atoms with E-state index in [0.29, 0.717) is 22.3 Å². The molecule has 2 N–H and O–H groups in total. The van der Waals surface area contributed by atoms with Crippen molar-refractivity contribution in [3.63, 3.8) is 0 Å². The van der Waals surface area contributed by atoms with E-state index in [-0.39, 0.29) is 12.5 Å². The number of nitrogens with one attached hydrogen (secondary N) is 2. The third kappa shape index (κ3) is 4.67. The van der Waals surface area contributed by atoms with Gasteiger partial charge in [-0.3, -0.25) is 4.79 Å². The molecule has 1 aromatic rings. The topological polar surface area (TPSA) is 41.1 Å². The Kier molecular flexibility index (Phi) is 6.82. The fourth-order valence-corrected chi connectivity index (χ4v) is 2.15. The lowest BCUT2D eigenvalue weighted by Crippen LogP contribution is -2.30. The van der Waals surface area contributed by atoms with Crippen LogP contribution in [0, 0.1) is 0 Å². The molecule has 0 bridgehead atoms. The molecule has 0 saturated carbocycles. The van der Waals surface area contributed by atoms with Crippen molar-refractivity contribution in [3.8, 4) is 0 Å². The largest absolute Gasteiger partial charge is 0.375 e. The molecule has 0 heterocycles. The van der Waals surface area contributed by atoms with Crippen molar-refractivity contribution in [1.29, 1.82) is 0 Å². The average Bonchev–Trinajstić information content (AvgIpc) is 2.35. The lowest BCUT2D eigenvalue weighted by atomic mass is 10.3. The minimum atomic E-state index is -0.0569. The Hall–Kier alpha value is -0.450. The predicted molar refractivity (Wildman–Crippen MR) is 80.6 cm³/mol. The molecule has 6 heteroatoms. The van der Waals surface area contributed by atoms with Crippen molar-refractivity contribution >= 4 is 50.7 Å². The number of halogens is 3. The normalized spacial score (nSPS) is 10.2. The van der Waals surface area contributed by atoms with Crippen LogP contribution in [0.15, 0.2) is 16.6 Å². The quantitative estimate of drug-likeness (QED) is 0.597. The lowest BCUT2D eigenvalue weighted by Gasteiger charge is -2.10.